The highest BCUT2D eigenvalue weighted by atomic mass is 35.5. The zero-order valence-corrected chi connectivity index (χ0v) is 12.5. The molecule has 0 aliphatic carbocycles. The summed E-state index contributed by atoms with van der Waals surface area (Å²) in [4.78, 5) is 11.8. The monoisotopic (exact) mass is 326 g/mol. The molecule has 2 rings (SSSR count). The van der Waals surface area contributed by atoms with Gasteiger partial charge in [0.2, 0.25) is 5.91 Å². The first kappa shape index (κ1) is 15.8. The number of amides is 1. The van der Waals surface area contributed by atoms with Crippen LogP contribution in [-0.4, -0.2) is 12.5 Å². The minimum atomic E-state index is -0.287. The fraction of sp³-hybridized carbons (Fsp3) is 0.133. The average Bonchev–Trinajstić information content (AvgIpc) is 2.45. The largest absolute Gasteiger partial charge is 0.322 e. The van der Waals surface area contributed by atoms with Crippen molar-refractivity contribution in [1.82, 2.24) is 5.32 Å². The maximum absolute atomic E-state index is 12.7. The first-order chi connectivity index (χ1) is 10.1. The highest BCUT2D eigenvalue weighted by Gasteiger charge is 2.09. The average molecular weight is 327 g/mol. The molecule has 0 unspecified atom stereocenters. The Morgan fingerprint density at radius 2 is 1.67 bits per heavy atom. The number of anilines is 1. The van der Waals surface area contributed by atoms with Crippen molar-refractivity contribution in [3.8, 4) is 0 Å². The van der Waals surface area contributed by atoms with Gasteiger partial charge in [-0.15, -0.1) is 0 Å². The van der Waals surface area contributed by atoms with Crippen LogP contribution in [0.5, 0.6) is 0 Å². The Balaban J connectivity index is 1.84. The van der Waals surface area contributed by atoms with Crippen molar-refractivity contribution in [3.63, 3.8) is 0 Å². The molecule has 0 spiro atoms. The normalized spacial score (nSPS) is 10.4. The Hall–Kier alpha value is -1.62. The van der Waals surface area contributed by atoms with Gasteiger partial charge in [-0.2, -0.15) is 0 Å². The van der Waals surface area contributed by atoms with E-state index in [4.69, 9.17) is 23.2 Å². The molecule has 0 heterocycles. The van der Waals surface area contributed by atoms with Gasteiger partial charge >= 0.3 is 0 Å². The van der Waals surface area contributed by atoms with E-state index in [2.05, 4.69) is 10.6 Å². The van der Waals surface area contributed by atoms with Crippen LogP contribution in [0.3, 0.4) is 0 Å². The van der Waals surface area contributed by atoms with Crippen molar-refractivity contribution < 1.29 is 9.18 Å². The van der Waals surface area contributed by atoms with Gasteiger partial charge in [-0.3, -0.25) is 4.79 Å². The maximum atomic E-state index is 12.7. The van der Waals surface area contributed by atoms with E-state index >= 15 is 0 Å². The highest BCUT2D eigenvalue weighted by molar-refractivity contribution is 6.39. The molecular formula is C15H13Cl2FN2O. The second kappa shape index (κ2) is 7.41. The molecule has 0 bridgehead atoms. The standard InChI is InChI=1S/C15H13Cl2FN2O/c16-12-2-1-3-13(17)15(12)20-14(21)9-19-8-10-4-6-11(18)7-5-10/h1-7,19H,8-9H2,(H,20,21). The molecule has 0 atom stereocenters. The number of nitrogens with one attached hydrogen (secondary N) is 2. The quantitative estimate of drug-likeness (QED) is 0.875. The van der Waals surface area contributed by atoms with E-state index in [1.807, 2.05) is 0 Å². The predicted molar refractivity (Wildman–Crippen MR) is 83.2 cm³/mol. The zero-order valence-electron chi connectivity index (χ0n) is 11.0. The maximum Gasteiger partial charge on any atom is 0.238 e. The second-order valence-corrected chi connectivity index (χ2v) is 5.19. The van der Waals surface area contributed by atoms with Gasteiger partial charge in [-0.25, -0.2) is 4.39 Å². The summed E-state index contributed by atoms with van der Waals surface area (Å²) in [5.41, 5.74) is 1.29. The lowest BCUT2D eigenvalue weighted by Crippen LogP contribution is -2.27. The smallest absolute Gasteiger partial charge is 0.238 e. The molecule has 6 heteroatoms. The van der Waals surface area contributed by atoms with E-state index in [1.165, 1.54) is 12.1 Å². The molecule has 0 aromatic heterocycles. The summed E-state index contributed by atoms with van der Waals surface area (Å²) in [6, 6.07) is 11.1. The molecule has 0 aliphatic heterocycles. The van der Waals surface area contributed by atoms with Gasteiger partial charge < -0.3 is 10.6 Å². The number of carbonyl (C=O) groups is 1. The summed E-state index contributed by atoms with van der Waals surface area (Å²) >= 11 is 11.9. The number of carbonyl (C=O) groups excluding carboxylic acids is 1. The van der Waals surface area contributed by atoms with Crippen LogP contribution in [0.1, 0.15) is 5.56 Å². The van der Waals surface area contributed by atoms with Crippen molar-refractivity contribution in [2.45, 2.75) is 6.54 Å². The molecule has 0 aliphatic rings. The van der Waals surface area contributed by atoms with Crippen LogP contribution in [0.4, 0.5) is 10.1 Å². The van der Waals surface area contributed by atoms with Crippen molar-refractivity contribution in [2.75, 3.05) is 11.9 Å². The van der Waals surface area contributed by atoms with Gasteiger partial charge in [-0.05, 0) is 29.8 Å². The van der Waals surface area contributed by atoms with E-state index < -0.39 is 0 Å². The summed E-state index contributed by atoms with van der Waals surface area (Å²) in [5, 5.41) is 6.38. The van der Waals surface area contributed by atoms with Gasteiger partial charge in [0.25, 0.3) is 0 Å². The van der Waals surface area contributed by atoms with Crippen LogP contribution >= 0.6 is 23.2 Å². The van der Waals surface area contributed by atoms with Gasteiger partial charge in [0.15, 0.2) is 0 Å². The van der Waals surface area contributed by atoms with E-state index in [0.29, 0.717) is 22.3 Å². The number of benzene rings is 2. The molecule has 0 radical (unpaired) electrons. The first-order valence-corrected chi connectivity index (χ1v) is 7.01. The molecule has 2 aromatic rings. The third kappa shape index (κ3) is 4.70. The molecule has 0 fully saturated rings. The van der Waals surface area contributed by atoms with E-state index in [1.54, 1.807) is 30.3 Å². The third-order valence-corrected chi connectivity index (χ3v) is 3.39. The lowest BCUT2D eigenvalue weighted by atomic mass is 10.2. The molecule has 0 saturated heterocycles. The van der Waals surface area contributed by atoms with Gasteiger partial charge in [0.05, 0.1) is 22.3 Å². The number of rotatable bonds is 5. The molecule has 1 amide bonds. The van der Waals surface area contributed by atoms with Crippen molar-refractivity contribution in [2.24, 2.45) is 0 Å². The van der Waals surface area contributed by atoms with Gasteiger partial charge in [0.1, 0.15) is 5.82 Å². The van der Waals surface area contributed by atoms with Gasteiger partial charge in [-0.1, -0.05) is 41.4 Å². The molecule has 21 heavy (non-hydrogen) atoms. The summed E-state index contributed by atoms with van der Waals surface area (Å²) in [6.45, 7) is 0.558. The second-order valence-electron chi connectivity index (χ2n) is 4.37. The Labute approximate surface area is 132 Å². The summed E-state index contributed by atoms with van der Waals surface area (Å²) in [5.74, 6) is -0.544. The fourth-order valence-electron chi connectivity index (χ4n) is 1.72. The highest BCUT2D eigenvalue weighted by Crippen LogP contribution is 2.29. The minimum Gasteiger partial charge on any atom is -0.322 e. The lowest BCUT2D eigenvalue weighted by Gasteiger charge is -2.10. The number of hydrogen-bond donors (Lipinski definition) is 2. The Morgan fingerprint density at radius 1 is 1.05 bits per heavy atom. The summed E-state index contributed by atoms with van der Waals surface area (Å²) in [7, 11) is 0. The Bertz CT molecular complexity index is 612. The topological polar surface area (TPSA) is 41.1 Å². The van der Waals surface area contributed by atoms with Crippen LogP contribution in [-0.2, 0) is 11.3 Å². The summed E-state index contributed by atoms with van der Waals surface area (Å²) in [6.07, 6.45) is 0. The predicted octanol–water partition coefficient (Wildman–Crippen LogP) is 3.86. The molecule has 3 nitrogen and oxygen atoms in total. The first-order valence-electron chi connectivity index (χ1n) is 6.25. The van der Waals surface area contributed by atoms with Crippen molar-refractivity contribution >= 4 is 34.8 Å². The molecule has 2 N–H and O–H groups in total. The van der Waals surface area contributed by atoms with E-state index in [9.17, 15) is 9.18 Å². The van der Waals surface area contributed by atoms with Gasteiger partial charge in [0, 0.05) is 6.54 Å². The Morgan fingerprint density at radius 3 is 2.29 bits per heavy atom. The van der Waals surface area contributed by atoms with Crippen LogP contribution in [0, 0.1) is 5.82 Å². The molecule has 0 saturated carbocycles. The minimum absolute atomic E-state index is 0.0962. The fourth-order valence-corrected chi connectivity index (χ4v) is 2.22. The molecule has 2 aromatic carbocycles. The number of halogens is 3. The lowest BCUT2D eigenvalue weighted by molar-refractivity contribution is -0.115. The van der Waals surface area contributed by atoms with Crippen LogP contribution < -0.4 is 10.6 Å². The third-order valence-electron chi connectivity index (χ3n) is 2.76. The molecule has 110 valence electrons. The van der Waals surface area contributed by atoms with Crippen LogP contribution in [0.2, 0.25) is 10.0 Å². The summed E-state index contributed by atoms with van der Waals surface area (Å²) < 4.78 is 12.7. The van der Waals surface area contributed by atoms with Crippen molar-refractivity contribution in [1.29, 1.82) is 0 Å². The number of para-hydroxylation sites is 1. The van der Waals surface area contributed by atoms with Crippen LogP contribution in [0.25, 0.3) is 0 Å². The number of hydrogen-bond acceptors (Lipinski definition) is 2. The SMILES string of the molecule is O=C(CNCc1ccc(F)cc1)Nc1c(Cl)cccc1Cl. The Kier molecular flexibility index (Phi) is 5.56. The van der Waals surface area contributed by atoms with Crippen LogP contribution in [0.15, 0.2) is 42.5 Å². The zero-order chi connectivity index (χ0) is 15.2. The van der Waals surface area contributed by atoms with E-state index in [-0.39, 0.29) is 18.3 Å². The van der Waals surface area contributed by atoms with Crippen molar-refractivity contribution in [3.05, 3.63) is 63.9 Å². The molecular weight excluding hydrogens is 314 g/mol. The van der Waals surface area contributed by atoms with E-state index in [0.717, 1.165) is 5.56 Å².